The molecule has 0 amide bonds. The second-order valence-electron chi connectivity index (χ2n) is 6.35. The van der Waals surface area contributed by atoms with Crippen LogP contribution in [-0.2, 0) is 7.05 Å². The smallest absolute Gasteiger partial charge is 0.191 e. The van der Waals surface area contributed by atoms with Gasteiger partial charge in [0.2, 0.25) is 0 Å². The number of guanidine groups is 1. The highest BCUT2D eigenvalue weighted by Gasteiger charge is 2.16. The Labute approximate surface area is 203 Å². The van der Waals surface area contributed by atoms with Crippen molar-refractivity contribution in [2.24, 2.45) is 12.0 Å². The number of aliphatic imine (C=N–C) groups is 1. The fourth-order valence-corrected chi connectivity index (χ4v) is 3.54. The Bertz CT molecular complexity index is 792. The van der Waals surface area contributed by atoms with Crippen molar-refractivity contribution in [2.75, 3.05) is 40.8 Å². The Morgan fingerprint density at radius 1 is 1.24 bits per heavy atom. The summed E-state index contributed by atoms with van der Waals surface area (Å²) in [5, 5.41) is 12.0. The van der Waals surface area contributed by atoms with Crippen LogP contribution in [0, 0.1) is 0 Å². The lowest BCUT2D eigenvalue weighted by Gasteiger charge is -2.24. The third-order valence-electron chi connectivity index (χ3n) is 4.02. The Kier molecular flexibility index (Phi) is 11.4. The zero-order valence-corrected chi connectivity index (χ0v) is 21.3. The molecule has 1 heterocycles. The van der Waals surface area contributed by atoms with Crippen molar-refractivity contribution in [3.63, 3.8) is 0 Å². The lowest BCUT2D eigenvalue weighted by Crippen LogP contribution is -2.43. The van der Waals surface area contributed by atoms with Gasteiger partial charge in [-0.05, 0) is 26.2 Å². The van der Waals surface area contributed by atoms with Crippen LogP contribution in [0.5, 0.6) is 5.75 Å². The van der Waals surface area contributed by atoms with Gasteiger partial charge in [-0.3, -0.25) is 9.67 Å². The summed E-state index contributed by atoms with van der Waals surface area (Å²) in [6, 6.07) is 3.35. The number of rotatable bonds is 8. The molecule has 0 bridgehead atoms. The van der Waals surface area contributed by atoms with Gasteiger partial charge in [0.1, 0.15) is 6.61 Å². The van der Waals surface area contributed by atoms with E-state index in [4.69, 9.17) is 39.5 Å². The van der Waals surface area contributed by atoms with Crippen LogP contribution in [-0.4, -0.2) is 61.5 Å². The molecular weight excluding hydrogens is 550 g/mol. The fourth-order valence-electron chi connectivity index (χ4n) is 2.61. The Morgan fingerprint density at radius 3 is 2.41 bits per heavy atom. The van der Waals surface area contributed by atoms with Gasteiger partial charge in [-0.15, -0.1) is 24.0 Å². The Morgan fingerprint density at radius 2 is 1.90 bits per heavy atom. The summed E-state index contributed by atoms with van der Waals surface area (Å²) in [5.41, 5.74) is 1.13. The molecule has 0 saturated carbocycles. The molecule has 0 saturated heterocycles. The van der Waals surface area contributed by atoms with Crippen molar-refractivity contribution in [3.8, 4) is 5.75 Å². The lowest BCUT2D eigenvalue weighted by atomic mass is 10.1. The summed E-state index contributed by atoms with van der Waals surface area (Å²) in [5.74, 6) is 1.09. The van der Waals surface area contributed by atoms with Crippen molar-refractivity contribution in [1.29, 1.82) is 0 Å². The van der Waals surface area contributed by atoms with E-state index in [1.165, 1.54) is 0 Å². The highest BCUT2D eigenvalue weighted by atomic mass is 127. The molecule has 0 radical (unpaired) electrons. The van der Waals surface area contributed by atoms with E-state index in [9.17, 15) is 0 Å². The predicted molar refractivity (Wildman–Crippen MR) is 131 cm³/mol. The molecular formula is C18H26Cl3IN6O. The predicted octanol–water partition coefficient (Wildman–Crippen LogP) is 3.85. The first kappa shape index (κ1) is 26.1. The lowest BCUT2D eigenvalue weighted by molar-refractivity contribution is 0.297. The molecule has 1 aromatic heterocycles. The Balaban J connectivity index is 0.00000420. The monoisotopic (exact) mass is 574 g/mol. The first-order valence-electron chi connectivity index (χ1n) is 8.68. The molecule has 0 aliphatic rings. The van der Waals surface area contributed by atoms with Crippen LogP contribution < -0.4 is 15.4 Å². The molecule has 0 fully saturated rings. The summed E-state index contributed by atoms with van der Waals surface area (Å²) in [7, 11) is 7.69. The van der Waals surface area contributed by atoms with Crippen molar-refractivity contribution in [2.45, 2.75) is 6.04 Å². The normalized spacial score (nSPS) is 12.5. The third kappa shape index (κ3) is 8.01. The molecule has 0 spiro atoms. The molecule has 1 atom stereocenters. The maximum Gasteiger partial charge on any atom is 0.191 e. The van der Waals surface area contributed by atoms with E-state index in [2.05, 4.69) is 25.6 Å². The first-order valence-corrected chi connectivity index (χ1v) is 9.82. The third-order valence-corrected chi connectivity index (χ3v) is 4.80. The number of nitrogens with one attached hydrogen (secondary N) is 2. The van der Waals surface area contributed by atoms with Crippen molar-refractivity contribution in [1.82, 2.24) is 25.3 Å². The van der Waals surface area contributed by atoms with E-state index >= 15 is 0 Å². The van der Waals surface area contributed by atoms with Crippen molar-refractivity contribution < 1.29 is 4.74 Å². The highest BCUT2D eigenvalue weighted by Crippen LogP contribution is 2.35. The molecule has 0 aliphatic carbocycles. The van der Waals surface area contributed by atoms with Gasteiger partial charge in [-0.1, -0.05) is 34.8 Å². The van der Waals surface area contributed by atoms with Gasteiger partial charge < -0.3 is 20.3 Å². The minimum atomic E-state index is 0. The maximum atomic E-state index is 6.12. The van der Waals surface area contributed by atoms with Crippen LogP contribution in [0.1, 0.15) is 11.6 Å². The van der Waals surface area contributed by atoms with Crippen LogP contribution in [0.25, 0.3) is 0 Å². The van der Waals surface area contributed by atoms with Crippen LogP contribution >= 0.6 is 58.8 Å². The number of hydrogen-bond donors (Lipinski definition) is 2. The zero-order chi connectivity index (χ0) is 20.7. The molecule has 0 aliphatic heterocycles. The van der Waals surface area contributed by atoms with Gasteiger partial charge in [0.15, 0.2) is 11.7 Å². The number of halogens is 4. The van der Waals surface area contributed by atoms with E-state index < -0.39 is 0 Å². The molecule has 2 rings (SSSR count). The highest BCUT2D eigenvalue weighted by molar-refractivity contribution is 14.0. The molecule has 2 aromatic rings. The summed E-state index contributed by atoms with van der Waals surface area (Å²) < 4.78 is 7.46. The summed E-state index contributed by atoms with van der Waals surface area (Å²) in [6.07, 6.45) is 3.88. The van der Waals surface area contributed by atoms with Crippen molar-refractivity contribution >= 4 is 64.7 Å². The standard InChI is InChI=1S/C18H25Cl3N6O.HI/c1-22-18(24-10-16(26(2)3)12-9-25-27(4)11-12)23-5-6-28-17-14(20)7-13(19)8-15(17)21;/h7-9,11,16H,5-6,10H2,1-4H3,(H2,22,23,24);1H. The zero-order valence-electron chi connectivity index (χ0n) is 16.7. The number of aryl methyl sites for hydroxylation is 1. The largest absolute Gasteiger partial charge is 0.489 e. The molecule has 162 valence electrons. The number of hydrogen-bond acceptors (Lipinski definition) is 4. The van der Waals surface area contributed by atoms with Gasteiger partial charge in [-0.25, -0.2) is 0 Å². The van der Waals surface area contributed by atoms with Crippen LogP contribution in [0.15, 0.2) is 29.5 Å². The number of benzene rings is 1. The second kappa shape index (κ2) is 12.7. The number of aromatic nitrogens is 2. The molecule has 7 nitrogen and oxygen atoms in total. The van der Waals surface area contributed by atoms with Crippen LogP contribution in [0.2, 0.25) is 15.1 Å². The average Bonchev–Trinajstić information content (AvgIpc) is 3.04. The van der Waals surface area contributed by atoms with Gasteiger partial charge in [0.05, 0.1) is 28.8 Å². The fraction of sp³-hybridized carbons (Fsp3) is 0.444. The van der Waals surface area contributed by atoms with E-state index in [-0.39, 0.29) is 30.0 Å². The van der Waals surface area contributed by atoms with Gasteiger partial charge in [0, 0.05) is 37.4 Å². The summed E-state index contributed by atoms with van der Waals surface area (Å²) in [4.78, 5) is 6.37. The number of likely N-dealkylation sites (N-methyl/N-ethyl adjacent to an activating group) is 1. The van der Waals surface area contributed by atoms with E-state index in [0.29, 0.717) is 46.5 Å². The minimum Gasteiger partial charge on any atom is -0.489 e. The quantitative estimate of drug-likeness (QED) is 0.217. The molecule has 11 heteroatoms. The van der Waals surface area contributed by atoms with Crippen LogP contribution in [0.4, 0.5) is 0 Å². The topological polar surface area (TPSA) is 66.7 Å². The van der Waals surface area contributed by atoms with Gasteiger partial charge in [0.25, 0.3) is 0 Å². The second-order valence-corrected chi connectivity index (χ2v) is 7.60. The molecule has 1 unspecified atom stereocenters. The van der Waals surface area contributed by atoms with E-state index in [0.717, 1.165) is 5.56 Å². The molecule has 29 heavy (non-hydrogen) atoms. The molecule has 1 aromatic carbocycles. The first-order chi connectivity index (χ1) is 13.3. The Hall–Kier alpha value is -0.940. The van der Waals surface area contributed by atoms with E-state index in [1.54, 1.807) is 23.9 Å². The van der Waals surface area contributed by atoms with Crippen LogP contribution in [0.3, 0.4) is 0 Å². The van der Waals surface area contributed by atoms with Crippen molar-refractivity contribution in [3.05, 3.63) is 45.2 Å². The van der Waals surface area contributed by atoms with E-state index in [1.807, 2.05) is 33.5 Å². The SMILES string of the molecule is CN=C(NCCOc1c(Cl)cc(Cl)cc1Cl)NCC(c1cnn(C)c1)N(C)C.I. The summed E-state index contributed by atoms with van der Waals surface area (Å²) >= 11 is 18.1. The maximum absolute atomic E-state index is 6.12. The average molecular weight is 576 g/mol. The number of nitrogens with zero attached hydrogens (tertiary/aromatic N) is 4. The number of ether oxygens (including phenoxy) is 1. The van der Waals surface area contributed by atoms with Gasteiger partial charge >= 0.3 is 0 Å². The molecule has 2 N–H and O–H groups in total. The minimum absolute atomic E-state index is 0. The summed E-state index contributed by atoms with van der Waals surface area (Å²) in [6.45, 7) is 1.56. The van der Waals surface area contributed by atoms with Gasteiger partial charge in [-0.2, -0.15) is 5.10 Å².